The van der Waals surface area contributed by atoms with Crippen LogP contribution in [-0.4, -0.2) is 53.8 Å². The highest BCUT2D eigenvalue weighted by molar-refractivity contribution is 7.99. The van der Waals surface area contributed by atoms with Crippen molar-refractivity contribution in [3.05, 3.63) is 77.6 Å². The fourth-order valence-electron chi connectivity index (χ4n) is 4.64. The van der Waals surface area contributed by atoms with Gasteiger partial charge in [0.05, 0.1) is 27.1 Å². The van der Waals surface area contributed by atoms with E-state index < -0.39 is 0 Å². The molecule has 0 saturated heterocycles. The smallest absolute Gasteiger partial charge is 0.230 e. The second-order valence-corrected chi connectivity index (χ2v) is 9.70. The van der Waals surface area contributed by atoms with E-state index in [-0.39, 0.29) is 23.5 Å². The van der Waals surface area contributed by atoms with E-state index in [1.54, 1.807) is 28.8 Å². The van der Waals surface area contributed by atoms with Crippen molar-refractivity contribution < 1.29 is 23.4 Å². The van der Waals surface area contributed by atoms with Gasteiger partial charge in [0.1, 0.15) is 5.82 Å². The number of aromatic nitrogens is 3. The van der Waals surface area contributed by atoms with Gasteiger partial charge in [-0.2, -0.15) is 0 Å². The molecule has 1 amide bonds. The van der Waals surface area contributed by atoms with Gasteiger partial charge in [-0.1, -0.05) is 36.0 Å². The summed E-state index contributed by atoms with van der Waals surface area (Å²) in [4.78, 5) is 12.8. The number of halogens is 1. The molecule has 196 valence electrons. The maximum Gasteiger partial charge on any atom is 0.230 e. The second kappa shape index (κ2) is 11.1. The summed E-state index contributed by atoms with van der Waals surface area (Å²) in [6.07, 6.45) is 1.65. The molecule has 0 radical (unpaired) electrons. The molecule has 4 aromatic rings. The lowest BCUT2D eigenvalue weighted by Gasteiger charge is -2.15. The van der Waals surface area contributed by atoms with Gasteiger partial charge in [0.15, 0.2) is 22.5 Å². The Morgan fingerprint density at radius 2 is 1.61 bits per heavy atom. The standard InChI is InChI=1S/C28H27FN4O4S/c1-35-23-14-19(15-24(36-2)26(23)37-3)27-31-32-28(33(27)22-10-8-20(29)9-11-22)38-16-25(34)30-21-12-17-6-4-5-7-18(17)13-21/h4-11,14-15,21H,12-13,16H2,1-3H3,(H,30,34). The first kappa shape index (κ1) is 25.6. The van der Waals surface area contributed by atoms with Crippen molar-refractivity contribution in [1.82, 2.24) is 20.1 Å². The summed E-state index contributed by atoms with van der Waals surface area (Å²) in [6.45, 7) is 0. The Morgan fingerprint density at radius 1 is 0.974 bits per heavy atom. The quantitative estimate of drug-likeness (QED) is 0.317. The average molecular weight is 535 g/mol. The molecule has 1 aliphatic rings. The van der Waals surface area contributed by atoms with E-state index in [1.165, 1.54) is 56.4 Å². The van der Waals surface area contributed by atoms with Crippen molar-refractivity contribution in [2.75, 3.05) is 27.1 Å². The van der Waals surface area contributed by atoms with E-state index in [9.17, 15) is 9.18 Å². The maximum atomic E-state index is 13.7. The Labute approximate surface area is 224 Å². The zero-order valence-corrected chi connectivity index (χ0v) is 22.0. The molecule has 1 N–H and O–H groups in total. The first-order chi connectivity index (χ1) is 18.5. The number of ether oxygens (including phenoxy) is 3. The van der Waals surface area contributed by atoms with Crippen molar-refractivity contribution in [2.45, 2.75) is 24.0 Å². The first-order valence-electron chi connectivity index (χ1n) is 12.0. The van der Waals surface area contributed by atoms with Crippen LogP contribution >= 0.6 is 11.8 Å². The van der Waals surface area contributed by atoms with Gasteiger partial charge in [0, 0.05) is 17.3 Å². The SMILES string of the molecule is COc1cc(-c2nnc(SCC(=O)NC3Cc4ccccc4C3)n2-c2ccc(F)cc2)cc(OC)c1OC. The van der Waals surface area contributed by atoms with Crippen molar-refractivity contribution in [3.63, 3.8) is 0 Å². The lowest BCUT2D eigenvalue weighted by molar-refractivity contribution is -0.119. The van der Waals surface area contributed by atoms with E-state index >= 15 is 0 Å². The van der Waals surface area contributed by atoms with E-state index in [1.807, 2.05) is 12.1 Å². The predicted octanol–water partition coefficient (Wildman–Crippen LogP) is 4.47. The van der Waals surface area contributed by atoms with Crippen molar-refractivity contribution in [1.29, 1.82) is 0 Å². The highest BCUT2D eigenvalue weighted by atomic mass is 32.2. The minimum absolute atomic E-state index is 0.0743. The number of nitrogens with zero attached hydrogens (tertiary/aromatic N) is 3. The van der Waals surface area contributed by atoms with Crippen LogP contribution in [0.5, 0.6) is 17.2 Å². The van der Waals surface area contributed by atoms with Crippen LogP contribution in [0.25, 0.3) is 17.1 Å². The van der Waals surface area contributed by atoms with Gasteiger partial charge in [-0.05, 0) is 60.4 Å². The van der Waals surface area contributed by atoms with Crippen LogP contribution in [0, 0.1) is 5.82 Å². The van der Waals surface area contributed by atoms with Crippen LogP contribution in [0.1, 0.15) is 11.1 Å². The number of carbonyl (C=O) groups is 1. The monoisotopic (exact) mass is 534 g/mol. The normalized spacial score (nSPS) is 12.7. The fourth-order valence-corrected chi connectivity index (χ4v) is 5.41. The second-order valence-electron chi connectivity index (χ2n) is 8.76. The highest BCUT2D eigenvalue weighted by Crippen LogP contribution is 2.41. The van der Waals surface area contributed by atoms with E-state index in [0.717, 1.165) is 12.8 Å². The summed E-state index contributed by atoms with van der Waals surface area (Å²) >= 11 is 1.26. The summed E-state index contributed by atoms with van der Waals surface area (Å²) in [6, 6.07) is 17.9. The summed E-state index contributed by atoms with van der Waals surface area (Å²) in [7, 11) is 4.61. The Hall–Kier alpha value is -4.05. The Kier molecular flexibility index (Phi) is 7.50. The third-order valence-corrected chi connectivity index (χ3v) is 7.32. The molecule has 3 aromatic carbocycles. The van der Waals surface area contributed by atoms with Crippen LogP contribution in [0.3, 0.4) is 0 Å². The lowest BCUT2D eigenvalue weighted by atomic mass is 10.1. The third-order valence-electron chi connectivity index (χ3n) is 6.39. The van der Waals surface area contributed by atoms with Gasteiger partial charge in [-0.25, -0.2) is 4.39 Å². The molecule has 0 aliphatic heterocycles. The topological polar surface area (TPSA) is 87.5 Å². The number of hydrogen-bond acceptors (Lipinski definition) is 7. The Balaban J connectivity index is 1.42. The number of fused-ring (bicyclic) bond motifs is 1. The molecular weight excluding hydrogens is 507 g/mol. The molecule has 10 heteroatoms. The van der Waals surface area contributed by atoms with Crippen LogP contribution < -0.4 is 19.5 Å². The van der Waals surface area contributed by atoms with Crippen molar-refractivity contribution in [2.24, 2.45) is 0 Å². The first-order valence-corrected chi connectivity index (χ1v) is 13.0. The van der Waals surface area contributed by atoms with E-state index in [4.69, 9.17) is 14.2 Å². The molecule has 8 nitrogen and oxygen atoms in total. The molecule has 0 atom stereocenters. The van der Waals surface area contributed by atoms with Gasteiger partial charge in [0.2, 0.25) is 11.7 Å². The van der Waals surface area contributed by atoms with Crippen LogP contribution in [0.15, 0.2) is 65.8 Å². The number of methoxy groups -OCH3 is 3. The van der Waals surface area contributed by atoms with Gasteiger partial charge < -0.3 is 19.5 Å². The zero-order valence-electron chi connectivity index (χ0n) is 21.2. The molecule has 38 heavy (non-hydrogen) atoms. The van der Waals surface area contributed by atoms with E-state index in [0.29, 0.717) is 39.5 Å². The number of benzene rings is 3. The molecule has 0 spiro atoms. The number of carbonyl (C=O) groups excluding carboxylic acids is 1. The van der Waals surface area contributed by atoms with Gasteiger partial charge in [-0.3, -0.25) is 9.36 Å². The lowest BCUT2D eigenvalue weighted by Crippen LogP contribution is -2.36. The summed E-state index contributed by atoms with van der Waals surface area (Å²) in [5.74, 6) is 1.56. The predicted molar refractivity (Wildman–Crippen MR) is 143 cm³/mol. The maximum absolute atomic E-state index is 13.7. The number of rotatable bonds is 9. The van der Waals surface area contributed by atoms with Crippen LogP contribution in [0.2, 0.25) is 0 Å². The third kappa shape index (κ3) is 5.17. The van der Waals surface area contributed by atoms with Gasteiger partial charge >= 0.3 is 0 Å². The number of thioether (sulfide) groups is 1. The van der Waals surface area contributed by atoms with E-state index in [2.05, 4.69) is 27.6 Å². The molecule has 1 aliphatic carbocycles. The highest BCUT2D eigenvalue weighted by Gasteiger charge is 2.24. The Morgan fingerprint density at radius 3 is 2.18 bits per heavy atom. The van der Waals surface area contributed by atoms with Crippen LogP contribution in [0.4, 0.5) is 4.39 Å². The number of amides is 1. The molecule has 0 bridgehead atoms. The summed E-state index contributed by atoms with van der Waals surface area (Å²) in [5.41, 5.74) is 3.85. The molecule has 0 unspecified atom stereocenters. The largest absolute Gasteiger partial charge is 0.493 e. The molecular formula is C28H27FN4O4S. The zero-order chi connectivity index (χ0) is 26.6. The molecule has 1 aromatic heterocycles. The number of nitrogens with one attached hydrogen (secondary N) is 1. The summed E-state index contributed by atoms with van der Waals surface area (Å²) in [5, 5.41) is 12.4. The summed E-state index contributed by atoms with van der Waals surface area (Å²) < 4.78 is 32.0. The minimum Gasteiger partial charge on any atom is -0.493 e. The van der Waals surface area contributed by atoms with Crippen molar-refractivity contribution >= 4 is 17.7 Å². The molecule has 0 fully saturated rings. The van der Waals surface area contributed by atoms with Gasteiger partial charge in [-0.15, -0.1) is 10.2 Å². The van der Waals surface area contributed by atoms with Crippen LogP contribution in [-0.2, 0) is 17.6 Å². The average Bonchev–Trinajstić information content (AvgIpc) is 3.55. The van der Waals surface area contributed by atoms with Gasteiger partial charge in [0.25, 0.3) is 0 Å². The minimum atomic E-state index is -0.359. The number of hydrogen-bond donors (Lipinski definition) is 1. The fraction of sp³-hybridized carbons (Fsp3) is 0.250. The molecule has 5 rings (SSSR count). The van der Waals surface area contributed by atoms with Crippen molar-refractivity contribution in [3.8, 4) is 34.3 Å². The molecule has 1 heterocycles. The molecule has 0 saturated carbocycles. The Bertz CT molecular complexity index is 1410.